The van der Waals surface area contributed by atoms with Crippen LogP contribution in [0, 0.1) is 0 Å². The summed E-state index contributed by atoms with van der Waals surface area (Å²) in [5.74, 6) is 0.933. The molecule has 0 radical (unpaired) electrons. The lowest BCUT2D eigenvalue weighted by atomic mass is 9.76. The van der Waals surface area contributed by atoms with Gasteiger partial charge in [0, 0.05) is 23.8 Å². The molecule has 0 bridgehead atoms. The lowest BCUT2D eigenvalue weighted by Crippen LogP contribution is -2.35. The maximum Gasteiger partial charge on any atom is 0.119 e. The number of ether oxygens (including phenoxy) is 1. The Kier molecular flexibility index (Phi) is 2.73. The van der Waals surface area contributed by atoms with Gasteiger partial charge in [-0.1, -0.05) is 12.1 Å². The highest BCUT2D eigenvalue weighted by atomic mass is 16.5. The maximum absolute atomic E-state index is 6.28. The molecule has 2 aliphatic rings. The van der Waals surface area contributed by atoms with Gasteiger partial charge in [-0.05, 0) is 60.3 Å². The fourth-order valence-corrected chi connectivity index (χ4v) is 3.87. The first-order valence-electron chi connectivity index (χ1n) is 7.48. The van der Waals surface area contributed by atoms with Gasteiger partial charge in [0.2, 0.25) is 0 Å². The number of rotatable bonds is 1. The summed E-state index contributed by atoms with van der Waals surface area (Å²) < 4.78 is 5.51. The summed E-state index contributed by atoms with van der Waals surface area (Å²) in [5.41, 5.74) is 13.8. The minimum absolute atomic E-state index is 0.462. The molecule has 0 unspecified atom stereocenters. The summed E-state index contributed by atoms with van der Waals surface area (Å²) >= 11 is 0. The van der Waals surface area contributed by atoms with Crippen molar-refractivity contribution < 1.29 is 4.74 Å². The van der Waals surface area contributed by atoms with Gasteiger partial charge in [-0.15, -0.1) is 0 Å². The highest BCUT2D eigenvalue weighted by molar-refractivity contribution is 5.85. The molecule has 0 aromatic heterocycles. The molecule has 0 saturated carbocycles. The monoisotopic (exact) mass is 280 g/mol. The summed E-state index contributed by atoms with van der Waals surface area (Å²) in [6, 6.07) is 11.1. The van der Waals surface area contributed by atoms with Crippen LogP contribution in [0.5, 0.6) is 5.75 Å². The predicted octanol–water partition coefficient (Wildman–Crippen LogP) is 3.03. The van der Waals surface area contributed by atoms with Crippen molar-refractivity contribution in [2.75, 3.05) is 26.4 Å². The average Bonchev–Trinajstić information content (AvgIpc) is 2.50. The number of nitrogen functional groups attached to an aromatic ring is 1. The molecule has 2 N–H and O–H groups in total. The van der Waals surface area contributed by atoms with Crippen molar-refractivity contribution in [3.63, 3.8) is 0 Å². The second kappa shape index (κ2) is 4.50. The Morgan fingerprint density at radius 3 is 2.90 bits per heavy atom. The van der Waals surface area contributed by atoms with Crippen LogP contribution in [0.15, 0.2) is 30.3 Å². The number of benzene rings is 2. The molecule has 2 aromatic rings. The van der Waals surface area contributed by atoms with Crippen molar-refractivity contribution >= 4 is 5.69 Å². The first-order chi connectivity index (χ1) is 10.2. The Labute approximate surface area is 125 Å². The number of likely N-dealkylation sites (N-methyl/N-ethyl adjacent to an activating group) is 1. The second-order valence-corrected chi connectivity index (χ2v) is 6.08. The van der Waals surface area contributed by atoms with E-state index in [1.807, 2.05) is 6.07 Å². The van der Waals surface area contributed by atoms with Crippen molar-refractivity contribution in [1.29, 1.82) is 0 Å². The van der Waals surface area contributed by atoms with Gasteiger partial charge in [-0.3, -0.25) is 4.90 Å². The third kappa shape index (κ3) is 1.77. The first kappa shape index (κ1) is 12.7. The fourth-order valence-electron chi connectivity index (χ4n) is 3.87. The summed E-state index contributed by atoms with van der Waals surface area (Å²) in [4.78, 5) is 2.46. The molecule has 1 aliphatic carbocycles. The lowest BCUT2D eigenvalue weighted by molar-refractivity contribution is 0.228. The number of hydrogen-bond acceptors (Lipinski definition) is 3. The van der Waals surface area contributed by atoms with E-state index in [0.29, 0.717) is 6.04 Å². The average molecular weight is 280 g/mol. The van der Waals surface area contributed by atoms with E-state index < -0.39 is 0 Å². The zero-order chi connectivity index (χ0) is 14.6. The van der Waals surface area contributed by atoms with E-state index in [-0.39, 0.29) is 0 Å². The van der Waals surface area contributed by atoms with Crippen LogP contribution in [0.2, 0.25) is 0 Å². The van der Waals surface area contributed by atoms with Crippen LogP contribution in [0.3, 0.4) is 0 Å². The number of nitrogens with zero attached hydrogens (tertiary/aromatic N) is 1. The molecule has 0 amide bonds. The topological polar surface area (TPSA) is 38.5 Å². The lowest BCUT2D eigenvalue weighted by Gasteiger charge is -2.40. The van der Waals surface area contributed by atoms with E-state index in [1.165, 1.54) is 27.8 Å². The summed E-state index contributed by atoms with van der Waals surface area (Å²) in [6.07, 6.45) is 2.12. The molecule has 3 heteroatoms. The molecular weight excluding hydrogens is 260 g/mol. The van der Waals surface area contributed by atoms with Gasteiger partial charge in [0.25, 0.3) is 0 Å². The van der Waals surface area contributed by atoms with Gasteiger partial charge in [0.1, 0.15) is 5.75 Å². The fraction of sp³-hybridized carbons (Fsp3) is 0.333. The molecule has 0 saturated heterocycles. The molecule has 108 valence electrons. The van der Waals surface area contributed by atoms with Crippen LogP contribution in [-0.2, 0) is 12.8 Å². The molecule has 0 fully saturated rings. The smallest absolute Gasteiger partial charge is 0.119 e. The third-order valence-corrected chi connectivity index (χ3v) is 4.94. The third-order valence-electron chi connectivity index (χ3n) is 4.94. The summed E-state index contributed by atoms with van der Waals surface area (Å²) in [5, 5.41) is 0. The highest BCUT2D eigenvalue weighted by Gasteiger charge is 2.33. The molecule has 1 atom stereocenters. The Bertz CT molecular complexity index is 723. The van der Waals surface area contributed by atoms with Crippen molar-refractivity contribution in [3.05, 3.63) is 47.0 Å². The van der Waals surface area contributed by atoms with Crippen LogP contribution in [0.4, 0.5) is 5.69 Å². The largest absolute Gasteiger partial charge is 0.497 e. The molecular formula is C18H20N2O. The number of methoxy groups -OCH3 is 1. The normalized spacial score (nSPS) is 19.8. The Morgan fingerprint density at radius 1 is 1.24 bits per heavy atom. The number of fused-ring (bicyclic) bond motifs is 2. The molecule has 0 spiro atoms. The van der Waals surface area contributed by atoms with E-state index in [0.717, 1.165) is 30.8 Å². The van der Waals surface area contributed by atoms with Crippen molar-refractivity contribution in [2.24, 2.45) is 0 Å². The molecule has 21 heavy (non-hydrogen) atoms. The summed E-state index contributed by atoms with van der Waals surface area (Å²) in [7, 11) is 3.96. The van der Waals surface area contributed by atoms with Gasteiger partial charge in [-0.2, -0.15) is 0 Å². The van der Waals surface area contributed by atoms with Crippen LogP contribution < -0.4 is 10.5 Å². The predicted molar refractivity (Wildman–Crippen MR) is 85.6 cm³/mol. The van der Waals surface area contributed by atoms with E-state index >= 15 is 0 Å². The van der Waals surface area contributed by atoms with Gasteiger partial charge in [0.15, 0.2) is 0 Å². The second-order valence-electron chi connectivity index (χ2n) is 6.08. The highest BCUT2D eigenvalue weighted by Crippen LogP contribution is 2.48. The standard InChI is InChI=1S/C18H20N2O/c1-20-7-6-12-8-13(21-2)10-14-17-11(4-3-5-15(17)19)9-16(20)18(12)14/h3-5,8,10,16H,6-7,9,19H2,1-2H3/t16-/m1/s1. The van der Waals surface area contributed by atoms with Crippen LogP contribution >= 0.6 is 0 Å². The minimum Gasteiger partial charge on any atom is -0.497 e. The van der Waals surface area contributed by atoms with Crippen LogP contribution in [-0.4, -0.2) is 25.6 Å². The zero-order valence-corrected chi connectivity index (χ0v) is 12.5. The number of hydrogen-bond donors (Lipinski definition) is 1. The number of anilines is 1. The van der Waals surface area contributed by atoms with Gasteiger partial charge in [0.05, 0.1) is 7.11 Å². The van der Waals surface area contributed by atoms with Crippen LogP contribution in [0.25, 0.3) is 11.1 Å². The molecule has 3 nitrogen and oxygen atoms in total. The van der Waals surface area contributed by atoms with Crippen molar-refractivity contribution in [1.82, 2.24) is 4.90 Å². The van der Waals surface area contributed by atoms with E-state index in [9.17, 15) is 0 Å². The molecule has 1 aliphatic heterocycles. The molecule has 1 heterocycles. The van der Waals surface area contributed by atoms with Crippen molar-refractivity contribution in [2.45, 2.75) is 18.9 Å². The van der Waals surface area contributed by atoms with Crippen molar-refractivity contribution in [3.8, 4) is 16.9 Å². The quantitative estimate of drug-likeness (QED) is 0.816. The summed E-state index contributed by atoms with van der Waals surface area (Å²) in [6.45, 7) is 1.10. The molecule has 2 aromatic carbocycles. The molecule has 4 rings (SSSR count). The van der Waals surface area contributed by atoms with Crippen LogP contribution in [0.1, 0.15) is 22.7 Å². The van der Waals surface area contributed by atoms with Gasteiger partial charge < -0.3 is 10.5 Å². The maximum atomic E-state index is 6.28. The van der Waals surface area contributed by atoms with E-state index in [2.05, 4.69) is 36.2 Å². The minimum atomic E-state index is 0.462. The SMILES string of the molecule is COc1cc2c3c(c1)-c1c(N)cccc1C[C@H]3N(C)CC2. The van der Waals surface area contributed by atoms with E-state index in [1.54, 1.807) is 7.11 Å². The van der Waals surface area contributed by atoms with Gasteiger partial charge >= 0.3 is 0 Å². The Balaban J connectivity index is 2.05. The Morgan fingerprint density at radius 2 is 2.10 bits per heavy atom. The zero-order valence-electron chi connectivity index (χ0n) is 12.5. The Hall–Kier alpha value is -2.00. The first-order valence-corrected chi connectivity index (χ1v) is 7.48. The van der Waals surface area contributed by atoms with E-state index in [4.69, 9.17) is 10.5 Å². The number of nitrogens with two attached hydrogens (primary N) is 1. The van der Waals surface area contributed by atoms with Gasteiger partial charge in [-0.25, -0.2) is 0 Å².